The van der Waals surface area contributed by atoms with Crippen molar-refractivity contribution in [3.63, 3.8) is 0 Å². The van der Waals surface area contributed by atoms with Crippen LogP contribution in [0.1, 0.15) is 39.7 Å². The summed E-state index contributed by atoms with van der Waals surface area (Å²) >= 11 is 0. The number of nitrogens with one attached hydrogen (secondary N) is 1. The molecule has 0 aliphatic heterocycles. The zero-order valence-electron chi connectivity index (χ0n) is 14.7. The van der Waals surface area contributed by atoms with Gasteiger partial charge >= 0.3 is 0 Å². The summed E-state index contributed by atoms with van der Waals surface area (Å²) in [6.07, 6.45) is 3.02. The number of hydrogen-bond acceptors (Lipinski definition) is 4. The molecule has 5 heteroatoms. The minimum absolute atomic E-state index is 0.200. The van der Waals surface area contributed by atoms with Crippen LogP contribution in [0, 0.1) is 11.3 Å². The predicted molar refractivity (Wildman–Crippen MR) is 95.2 cm³/mol. The fraction of sp³-hybridized carbons (Fsp3) is 0.500. The van der Waals surface area contributed by atoms with Gasteiger partial charge in [0.2, 0.25) is 0 Å². The fourth-order valence-electron chi connectivity index (χ4n) is 2.05. The van der Waals surface area contributed by atoms with E-state index in [0.29, 0.717) is 5.56 Å². The molecule has 1 rings (SSSR count). The third kappa shape index (κ3) is 6.96. The van der Waals surface area contributed by atoms with Crippen LogP contribution in [0.3, 0.4) is 0 Å². The third-order valence-corrected chi connectivity index (χ3v) is 3.51. The number of anilines is 1. The number of rotatable bonds is 8. The number of benzene rings is 1. The van der Waals surface area contributed by atoms with Gasteiger partial charge in [-0.1, -0.05) is 22.9 Å². The molecule has 0 saturated carbocycles. The Balaban J connectivity index is 2.72. The molecule has 0 heterocycles. The van der Waals surface area contributed by atoms with E-state index in [-0.39, 0.29) is 12.1 Å². The maximum atomic E-state index is 9.01. The van der Waals surface area contributed by atoms with E-state index in [0.717, 1.165) is 18.7 Å². The van der Waals surface area contributed by atoms with Crippen molar-refractivity contribution in [2.75, 3.05) is 18.9 Å². The molecule has 1 aromatic rings. The van der Waals surface area contributed by atoms with Crippen LogP contribution >= 0.6 is 0 Å². The molecule has 1 N–H and O–H groups in total. The minimum Gasteiger partial charge on any atom is -0.378 e. The van der Waals surface area contributed by atoms with Crippen LogP contribution in [0.2, 0.25) is 0 Å². The molecule has 5 nitrogen and oxygen atoms in total. The van der Waals surface area contributed by atoms with Crippen LogP contribution in [-0.2, 0) is 0 Å². The summed E-state index contributed by atoms with van der Waals surface area (Å²) in [5.74, 6) is 0. The van der Waals surface area contributed by atoms with Gasteiger partial charge in [-0.15, -0.1) is 0 Å². The first-order valence-corrected chi connectivity index (χ1v) is 7.97. The second kappa shape index (κ2) is 9.62. The summed E-state index contributed by atoms with van der Waals surface area (Å²) in [5.41, 5.74) is 2.89. The second-order valence-electron chi connectivity index (χ2n) is 5.89. The van der Waals surface area contributed by atoms with Gasteiger partial charge in [-0.2, -0.15) is 10.4 Å². The Morgan fingerprint density at radius 3 is 2.78 bits per heavy atom. The summed E-state index contributed by atoms with van der Waals surface area (Å²) in [6, 6.07) is 10.1. The van der Waals surface area contributed by atoms with Gasteiger partial charge in [-0.25, -0.2) is 0 Å². The first kappa shape index (κ1) is 18.7. The number of allylic oxidation sites excluding steroid dienone is 1. The Bertz CT molecular complexity index is 583. The SMILES string of the molecule is C/C=C(\C)C(CCN(C)N=NC(C)C)Nc1cccc(C#N)c1. The Morgan fingerprint density at radius 1 is 1.43 bits per heavy atom. The highest BCUT2D eigenvalue weighted by Crippen LogP contribution is 2.17. The van der Waals surface area contributed by atoms with Crippen molar-refractivity contribution in [2.45, 2.75) is 46.2 Å². The molecule has 0 saturated heterocycles. The number of nitriles is 1. The van der Waals surface area contributed by atoms with Crippen molar-refractivity contribution in [3.8, 4) is 6.07 Å². The quantitative estimate of drug-likeness (QED) is 0.439. The third-order valence-electron chi connectivity index (χ3n) is 3.51. The zero-order chi connectivity index (χ0) is 17.2. The lowest BCUT2D eigenvalue weighted by atomic mass is 10.0. The molecule has 0 spiro atoms. The Kier molecular flexibility index (Phi) is 7.82. The molecule has 0 aliphatic rings. The van der Waals surface area contributed by atoms with E-state index < -0.39 is 0 Å². The normalized spacial score (nSPS) is 13.2. The average molecular weight is 313 g/mol. The monoisotopic (exact) mass is 313 g/mol. The van der Waals surface area contributed by atoms with Crippen molar-refractivity contribution in [1.29, 1.82) is 5.26 Å². The standard InChI is InChI=1S/C18H27N5/c1-6-15(4)18(10-11-23(5)22-21-14(2)3)20-17-9-7-8-16(12-17)13-19/h6-9,12,14,18,20H,10-11H2,1-5H3/b15-6+,22-21?. The molecule has 0 aliphatic carbocycles. The lowest BCUT2D eigenvalue weighted by Crippen LogP contribution is -2.26. The maximum Gasteiger partial charge on any atom is 0.0992 e. The molecular formula is C18H27N5. The highest BCUT2D eigenvalue weighted by Gasteiger charge is 2.11. The molecule has 0 radical (unpaired) electrons. The van der Waals surface area contributed by atoms with Crippen molar-refractivity contribution in [3.05, 3.63) is 41.5 Å². The average Bonchev–Trinajstić information content (AvgIpc) is 2.56. The van der Waals surface area contributed by atoms with E-state index in [4.69, 9.17) is 5.26 Å². The van der Waals surface area contributed by atoms with Gasteiger partial charge in [0.25, 0.3) is 0 Å². The maximum absolute atomic E-state index is 9.01. The number of nitrogens with zero attached hydrogens (tertiary/aromatic N) is 4. The molecule has 0 aromatic heterocycles. The second-order valence-corrected chi connectivity index (χ2v) is 5.89. The van der Waals surface area contributed by atoms with Crippen molar-refractivity contribution >= 4 is 5.69 Å². The predicted octanol–water partition coefficient (Wildman–Crippen LogP) is 4.40. The summed E-state index contributed by atoms with van der Waals surface area (Å²) < 4.78 is 0. The number of hydrogen-bond donors (Lipinski definition) is 1. The topological polar surface area (TPSA) is 63.8 Å². The fourth-order valence-corrected chi connectivity index (χ4v) is 2.05. The smallest absolute Gasteiger partial charge is 0.0992 e. The van der Waals surface area contributed by atoms with E-state index in [9.17, 15) is 0 Å². The van der Waals surface area contributed by atoms with Crippen molar-refractivity contribution < 1.29 is 0 Å². The van der Waals surface area contributed by atoms with E-state index >= 15 is 0 Å². The van der Waals surface area contributed by atoms with Crippen molar-refractivity contribution in [1.82, 2.24) is 5.01 Å². The van der Waals surface area contributed by atoms with E-state index in [1.54, 1.807) is 0 Å². The lowest BCUT2D eigenvalue weighted by molar-refractivity contribution is 0.312. The van der Waals surface area contributed by atoms with E-state index in [1.807, 2.05) is 57.1 Å². The van der Waals surface area contributed by atoms with Crippen LogP contribution in [0.25, 0.3) is 0 Å². The van der Waals surface area contributed by atoms with Gasteiger partial charge in [0.05, 0.1) is 17.7 Å². The van der Waals surface area contributed by atoms with Crippen LogP contribution < -0.4 is 5.32 Å². The highest BCUT2D eigenvalue weighted by molar-refractivity contribution is 5.50. The summed E-state index contributed by atoms with van der Waals surface area (Å²) in [6.45, 7) is 8.97. The van der Waals surface area contributed by atoms with Gasteiger partial charge in [0.1, 0.15) is 0 Å². The summed E-state index contributed by atoms with van der Waals surface area (Å²) in [4.78, 5) is 0. The van der Waals surface area contributed by atoms with Crippen molar-refractivity contribution in [2.24, 2.45) is 10.3 Å². The van der Waals surface area contributed by atoms with E-state index in [2.05, 4.69) is 34.7 Å². The van der Waals surface area contributed by atoms with Crippen LogP contribution in [0.15, 0.2) is 46.3 Å². The van der Waals surface area contributed by atoms with E-state index in [1.165, 1.54) is 5.57 Å². The summed E-state index contributed by atoms with van der Waals surface area (Å²) in [7, 11) is 1.93. The summed E-state index contributed by atoms with van der Waals surface area (Å²) in [5, 5.41) is 22.7. The van der Waals surface area contributed by atoms with Gasteiger partial charge in [0, 0.05) is 25.3 Å². The molecular weight excluding hydrogens is 286 g/mol. The first-order valence-electron chi connectivity index (χ1n) is 7.97. The lowest BCUT2D eigenvalue weighted by Gasteiger charge is -2.23. The van der Waals surface area contributed by atoms with Gasteiger partial charge < -0.3 is 5.32 Å². The minimum atomic E-state index is 0.200. The van der Waals surface area contributed by atoms with Gasteiger partial charge in [0.15, 0.2) is 0 Å². The van der Waals surface area contributed by atoms with Gasteiger partial charge in [-0.05, 0) is 52.3 Å². The molecule has 1 aromatic carbocycles. The molecule has 0 fully saturated rings. The molecule has 0 bridgehead atoms. The van der Waals surface area contributed by atoms with Crippen LogP contribution in [0.4, 0.5) is 5.69 Å². The molecule has 124 valence electrons. The zero-order valence-corrected chi connectivity index (χ0v) is 14.7. The van der Waals surface area contributed by atoms with Gasteiger partial charge in [-0.3, -0.25) is 5.01 Å². The molecule has 0 amide bonds. The molecule has 1 unspecified atom stereocenters. The Hall–Kier alpha value is -2.35. The van der Waals surface area contributed by atoms with Crippen LogP contribution in [-0.4, -0.2) is 30.7 Å². The molecule has 23 heavy (non-hydrogen) atoms. The Morgan fingerprint density at radius 2 is 2.17 bits per heavy atom. The Labute approximate surface area is 139 Å². The largest absolute Gasteiger partial charge is 0.378 e. The highest BCUT2D eigenvalue weighted by atomic mass is 15.5. The molecule has 1 atom stereocenters. The van der Waals surface area contributed by atoms with Crippen LogP contribution in [0.5, 0.6) is 0 Å². The first-order chi connectivity index (χ1) is 11.0.